The van der Waals surface area contributed by atoms with Gasteiger partial charge in [-0.2, -0.15) is 0 Å². The standard InChI is InChI=1S/C11H13N3O2/c1-6-5-13-9-4-10(16-2)8(3-7(6)9)11(15)14-12/h3-5,13H,12H2,1-2H3,(H,14,15). The van der Waals surface area contributed by atoms with Gasteiger partial charge in [0, 0.05) is 23.2 Å². The first kappa shape index (κ1) is 10.5. The molecule has 0 unspecified atom stereocenters. The number of carbonyl (C=O) groups is 1. The summed E-state index contributed by atoms with van der Waals surface area (Å²) in [6.07, 6.45) is 1.88. The first-order valence-corrected chi connectivity index (χ1v) is 4.84. The average molecular weight is 219 g/mol. The lowest BCUT2D eigenvalue weighted by Gasteiger charge is -2.07. The number of fused-ring (bicyclic) bond motifs is 1. The number of benzene rings is 1. The fraction of sp³-hybridized carbons (Fsp3) is 0.182. The third-order valence-corrected chi connectivity index (χ3v) is 2.58. The van der Waals surface area contributed by atoms with E-state index in [1.807, 2.05) is 13.1 Å². The lowest BCUT2D eigenvalue weighted by Crippen LogP contribution is -2.30. The first-order chi connectivity index (χ1) is 7.67. The first-order valence-electron chi connectivity index (χ1n) is 4.84. The van der Waals surface area contributed by atoms with Gasteiger partial charge in [-0.05, 0) is 18.6 Å². The molecule has 0 radical (unpaired) electrons. The summed E-state index contributed by atoms with van der Waals surface area (Å²) in [6, 6.07) is 3.55. The minimum Gasteiger partial charge on any atom is -0.496 e. The highest BCUT2D eigenvalue weighted by molar-refractivity contribution is 6.01. The minimum atomic E-state index is -0.362. The SMILES string of the molecule is COc1cc2[nH]cc(C)c2cc1C(=O)NN. The smallest absolute Gasteiger partial charge is 0.268 e. The van der Waals surface area contributed by atoms with E-state index in [0.29, 0.717) is 11.3 Å². The summed E-state index contributed by atoms with van der Waals surface area (Å²) in [5.74, 6) is 5.26. The molecular formula is C11H13N3O2. The van der Waals surface area contributed by atoms with Gasteiger partial charge in [-0.15, -0.1) is 0 Å². The Hall–Kier alpha value is -2.01. The Balaban J connectivity index is 2.69. The normalized spacial score (nSPS) is 10.4. The van der Waals surface area contributed by atoms with Crippen LogP contribution in [0.3, 0.4) is 0 Å². The van der Waals surface area contributed by atoms with Gasteiger partial charge < -0.3 is 9.72 Å². The van der Waals surface area contributed by atoms with Crippen LogP contribution in [0.4, 0.5) is 0 Å². The van der Waals surface area contributed by atoms with E-state index in [-0.39, 0.29) is 5.91 Å². The topological polar surface area (TPSA) is 80.1 Å². The van der Waals surface area contributed by atoms with Gasteiger partial charge in [0.15, 0.2) is 0 Å². The molecule has 0 aliphatic heterocycles. The number of hydrazine groups is 1. The van der Waals surface area contributed by atoms with Crippen molar-refractivity contribution in [3.05, 3.63) is 29.5 Å². The van der Waals surface area contributed by atoms with Gasteiger partial charge in [-0.1, -0.05) is 0 Å². The van der Waals surface area contributed by atoms with Crippen LogP contribution in [0.5, 0.6) is 5.75 Å². The van der Waals surface area contributed by atoms with E-state index in [0.717, 1.165) is 16.5 Å². The van der Waals surface area contributed by atoms with E-state index >= 15 is 0 Å². The Morgan fingerprint density at radius 3 is 2.88 bits per heavy atom. The highest BCUT2D eigenvalue weighted by atomic mass is 16.5. The van der Waals surface area contributed by atoms with Gasteiger partial charge >= 0.3 is 0 Å². The van der Waals surface area contributed by atoms with Crippen molar-refractivity contribution in [2.45, 2.75) is 6.92 Å². The molecule has 0 aliphatic rings. The monoisotopic (exact) mass is 219 g/mol. The lowest BCUT2D eigenvalue weighted by atomic mass is 10.1. The number of hydrogen-bond donors (Lipinski definition) is 3. The molecule has 2 rings (SSSR count). The number of hydrogen-bond acceptors (Lipinski definition) is 3. The molecule has 1 amide bonds. The van der Waals surface area contributed by atoms with Crippen LogP contribution >= 0.6 is 0 Å². The lowest BCUT2D eigenvalue weighted by molar-refractivity contribution is 0.0951. The van der Waals surface area contributed by atoms with Crippen LogP contribution in [0.1, 0.15) is 15.9 Å². The van der Waals surface area contributed by atoms with Crippen molar-refractivity contribution in [1.29, 1.82) is 0 Å². The van der Waals surface area contributed by atoms with E-state index in [2.05, 4.69) is 10.4 Å². The molecule has 0 saturated carbocycles. The number of methoxy groups -OCH3 is 1. The summed E-state index contributed by atoms with van der Waals surface area (Å²) in [4.78, 5) is 14.6. The van der Waals surface area contributed by atoms with Crippen LogP contribution in [0.25, 0.3) is 10.9 Å². The van der Waals surface area contributed by atoms with Gasteiger partial charge in [0.2, 0.25) is 0 Å². The molecule has 16 heavy (non-hydrogen) atoms. The predicted octanol–water partition coefficient (Wildman–Crippen LogP) is 1.09. The largest absolute Gasteiger partial charge is 0.496 e. The molecule has 0 spiro atoms. The van der Waals surface area contributed by atoms with E-state index < -0.39 is 0 Å². The Labute approximate surface area is 92.6 Å². The molecule has 0 atom stereocenters. The predicted molar refractivity (Wildman–Crippen MR) is 61.2 cm³/mol. The fourth-order valence-electron chi connectivity index (χ4n) is 1.71. The maximum Gasteiger partial charge on any atom is 0.268 e. The Kier molecular flexibility index (Phi) is 2.54. The van der Waals surface area contributed by atoms with Gasteiger partial charge in [-0.25, -0.2) is 5.84 Å². The Morgan fingerprint density at radius 2 is 2.25 bits per heavy atom. The summed E-state index contributed by atoms with van der Waals surface area (Å²) in [6.45, 7) is 1.97. The number of nitrogen functional groups attached to an aromatic ring is 1. The number of nitrogens with two attached hydrogens (primary N) is 1. The Bertz CT molecular complexity index is 545. The summed E-state index contributed by atoms with van der Waals surface area (Å²) < 4.78 is 5.15. The molecule has 0 fully saturated rings. The molecule has 0 aliphatic carbocycles. The molecule has 84 valence electrons. The second-order valence-electron chi connectivity index (χ2n) is 3.54. The highest BCUT2D eigenvalue weighted by Crippen LogP contribution is 2.27. The van der Waals surface area contributed by atoms with E-state index in [1.54, 1.807) is 12.1 Å². The molecule has 0 saturated heterocycles. The number of rotatable bonds is 2. The maximum absolute atomic E-state index is 11.5. The molecule has 5 nitrogen and oxygen atoms in total. The van der Waals surface area contributed by atoms with Gasteiger partial charge in [-0.3, -0.25) is 10.2 Å². The molecule has 2 aromatic rings. The second kappa shape index (κ2) is 3.86. The molecule has 1 heterocycles. The van der Waals surface area contributed by atoms with Crippen LogP contribution in [0.2, 0.25) is 0 Å². The van der Waals surface area contributed by atoms with Crippen molar-refractivity contribution in [2.75, 3.05) is 7.11 Å². The number of aromatic nitrogens is 1. The average Bonchev–Trinajstić information content (AvgIpc) is 2.68. The zero-order chi connectivity index (χ0) is 11.7. The highest BCUT2D eigenvalue weighted by Gasteiger charge is 2.13. The molecule has 5 heteroatoms. The number of aryl methyl sites for hydroxylation is 1. The molecule has 4 N–H and O–H groups in total. The van der Waals surface area contributed by atoms with Crippen molar-refractivity contribution in [3.8, 4) is 5.75 Å². The van der Waals surface area contributed by atoms with Crippen LogP contribution < -0.4 is 16.0 Å². The van der Waals surface area contributed by atoms with Crippen molar-refractivity contribution in [3.63, 3.8) is 0 Å². The van der Waals surface area contributed by atoms with Crippen LogP contribution in [-0.4, -0.2) is 18.0 Å². The van der Waals surface area contributed by atoms with Gasteiger partial charge in [0.25, 0.3) is 5.91 Å². The minimum absolute atomic E-state index is 0.362. The molecule has 0 bridgehead atoms. The quantitative estimate of drug-likeness (QED) is 0.402. The summed E-state index contributed by atoms with van der Waals surface area (Å²) in [5, 5.41) is 0.986. The third kappa shape index (κ3) is 1.51. The van der Waals surface area contributed by atoms with Crippen molar-refractivity contribution in [2.24, 2.45) is 5.84 Å². The number of aromatic amines is 1. The molecule has 1 aromatic carbocycles. The molecular weight excluding hydrogens is 206 g/mol. The van der Waals surface area contributed by atoms with E-state index in [9.17, 15) is 4.79 Å². The second-order valence-corrected chi connectivity index (χ2v) is 3.54. The number of carbonyl (C=O) groups excluding carboxylic acids is 1. The zero-order valence-electron chi connectivity index (χ0n) is 9.13. The maximum atomic E-state index is 11.5. The van der Waals surface area contributed by atoms with Crippen molar-refractivity contribution >= 4 is 16.8 Å². The van der Waals surface area contributed by atoms with E-state index in [4.69, 9.17) is 10.6 Å². The van der Waals surface area contributed by atoms with Crippen LogP contribution in [0, 0.1) is 6.92 Å². The Morgan fingerprint density at radius 1 is 1.50 bits per heavy atom. The summed E-state index contributed by atoms with van der Waals surface area (Å²) in [7, 11) is 1.52. The number of H-pyrrole nitrogens is 1. The van der Waals surface area contributed by atoms with Crippen LogP contribution in [-0.2, 0) is 0 Å². The number of nitrogens with one attached hydrogen (secondary N) is 2. The third-order valence-electron chi connectivity index (χ3n) is 2.58. The number of amides is 1. The summed E-state index contributed by atoms with van der Waals surface area (Å²) in [5.41, 5.74) is 4.54. The van der Waals surface area contributed by atoms with Gasteiger partial charge in [0.1, 0.15) is 5.75 Å². The van der Waals surface area contributed by atoms with E-state index in [1.165, 1.54) is 7.11 Å². The molecule has 1 aromatic heterocycles. The zero-order valence-corrected chi connectivity index (χ0v) is 9.13. The van der Waals surface area contributed by atoms with Crippen molar-refractivity contribution in [1.82, 2.24) is 10.4 Å². The van der Waals surface area contributed by atoms with Gasteiger partial charge in [0.05, 0.1) is 12.7 Å². The fourth-order valence-corrected chi connectivity index (χ4v) is 1.71. The van der Waals surface area contributed by atoms with Crippen molar-refractivity contribution < 1.29 is 9.53 Å². The van der Waals surface area contributed by atoms with Crippen LogP contribution in [0.15, 0.2) is 18.3 Å². The summed E-state index contributed by atoms with van der Waals surface area (Å²) >= 11 is 0. The number of ether oxygens (including phenoxy) is 1.